The minimum atomic E-state index is 0.883. The third-order valence-corrected chi connectivity index (χ3v) is 8.06. The average Bonchev–Trinajstić information content (AvgIpc) is 3.11. The molecule has 0 saturated carbocycles. The average molecular weight is 568 g/mol. The molecule has 0 saturated heterocycles. The van der Waals surface area contributed by atoms with E-state index in [1.807, 2.05) is 12.4 Å². The molecule has 44 heavy (non-hydrogen) atoms. The Balaban J connectivity index is 1.34. The molecule has 0 amide bonds. The molecule has 0 fully saturated rings. The second-order valence-corrected chi connectivity index (χ2v) is 10.8. The van der Waals surface area contributed by atoms with Gasteiger partial charge in [-0.05, 0) is 72.5 Å². The van der Waals surface area contributed by atoms with Crippen molar-refractivity contribution in [2.75, 3.05) is 9.80 Å². The van der Waals surface area contributed by atoms with E-state index >= 15 is 0 Å². The van der Waals surface area contributed by atoms with Crippen LogP contribution in [0.3, 0.4) is 0 Å². The van der Waals surface area contributed by atoms with E-state index in [0.29, 0.717) is 0 Å². The number of aromatic nitrogens is 1. The van der Waals surface area contributed by atoms with Crippen LogP contribution in [0.1, 0.15) is 12.8 Å². The van der Waals surface area contributed by atoms with E-state index in [9.17, 15) is 0 Å². The predicted molar refractivity (Wildman–Crippen MR) is 184 cm³/mol. The van der Waals surface area contributed by atoms with E-state index in [0.717, 1.165) is 41.0 Å². The second kappa shape index (κ2) is 12.7. The summed E-state index contributed by atoms with van der Waals surface area (Å²) in [5, 5.41) is 0. The zero-order valence-corrected chi connectivity index (χ0v) is 24.5. The van der Waals surface area contributed by atoms with Crippen LogP contribution in [0.5, 0.6) is 0 Å². The molecule has 212 valence electrons. The summed E-state index contributed by atoms with van der Waals surface area (Å²) >= 11 is 0. The van der Waals surface area contributed by atoms with E-state index in [2.05, 4.69) is 179 Å². The fourth-order valence-electron chi connectivity index (χ4n) is 6.01. The van der Waals surface area contributed by atoms with Crippen molar-refractivity contribution < 1.29 is 0 Å². The number of anilines is 4. The quantitative estimate of drug-likeness (QED) is 0.182. The Labute approximate surface area is 259 Å². The Morgan fingerprint density at radius 3 is 1.36 bits per heavy atom. The van der Waals surface area contributed by atoms with E-state index in [1.54, 1.807) is 0 Å². The molecular weight excluding hydrogens is 534 g/mol. The van der Waals surface area contributed by atoms with Gasteiger partial charge in [-0.25, -0.2) is 0 Å². The number of pyridine rings is 1. The van der Waals surface area contributed by atoms with Gasteiger partial charge in [-0.15, -0.1) is 0 Å². The highest BCUT2D eigenvalue weighted by Crippen LogP contribution is 2.43. The summed E-state index contributed by atoms with van der Waals surface area (Å²) in [6, 6.07) is 53.4. The highest BCUT2D eigenvalue weighted by molar-refractivity contribution is 5.86. The monoisotopic (exact) mass is 567 g/mol. The van der Waals surface area contributed by atoms with Gasteiger partial charge < -0.3 is 9.80 Å². The van der Waals surface area contributed by atoms with Crippen LogP contribution in [0.25, 0.3) is 22.3 Å². The minimum Gasteiger partial charge on any atom is -0.314 e. The van der Waals surface area contributed by atoms with Gasteiger partial charge in [0.1, 0.15) is 0 Å². The highest BCUT2D eigenvalue weighted by atomic mass is 15.2. The van der Waals surface area contributed by atoms with Gasteiger partial charge in [0.05, 0.1) is 11.4 Å². The molecule has 1 aromatic heterocycles. The number of rotatable bonds is 8. The van der Waals surface area contributed by atoms with Crippen LogP contribution in [0.2, 0.25) is 0 Å². The SMILES string of the molecule is C1=C(N(c2ccccc2)c2ccccc2-c2ccccc2)CCC(N(c2ccccc2)c2ccncc2-c2ccccc2)=C1. The minimum absolute atomic E-state index is 0.883. The predicted octanol–water partition coefficient (Wildman–Crippen LogP) is 11.0. The number of nitrogens with zero attached hydrogens (tertiary/aromatic N) is 3. The number of hydrogen-bond donors (Lipinski definition) is 0. The third kappa shape index (κ3) is 5.56. The summed E-state index contributed by atoms with van der Waals surface area (Å²) in [5.74, 6) is 0. The lowest BCUT2D eigenvalue weighted by atomic mass is 9.98. The van der Waals surface area contributed by atoms with Crippen molar-refractivity contribution >= 4 is 22.7 Å². The van der Waals surface area contributed by atoms with Gasteiger partial charge in [0.15, 0.2) is 0 Å². The van der Waals surface area contributed by atoms with Crippen LogP contribution in [-0.2, 0) is 0 Å². The Kier molecular flexibility index (Phi) is 7.83. The Morgan fingerprint density at radius 2 is 0.841 bits per heavy atom. The zero-order chi connectivity index (χ0) is 29.6. The van der Waals surface area contributed by atoms with Gasteiger partial charge in [-0.1, -0.05) is 115 Å². The largest absolute Gasteiger partial charge is 0.314 e. The normalized spacial score (nSPS) is 12.6. The molecule has 0 atom stereocenters. The summed E-state index contributed by atoms with van der Waals surface area (Å²) in [4.78, 5) is 9.33. The van der Waals surface area contributed by atoms with Gasteiger partial charge >= 0.3 is 0 Å². The molecule has 1 aliphatic carbocycles. The Bertz CT molecular complexity index is 1750. The van der Waals surface area contributed by atoms with Gasteiger partial charge in [-0.2, -0.15) is 0 Å². The lowest BCUT2D eigenvalue weighted by Gasteiger charge is -2.35. The molecule has 1 heterocycles. The summed E-state index contributed by atoms with van der Waals surface area (Å²) in [7, 11) is 0. The van der Waals surface area contributed by atoms with Crippen LogP contribution >= 0.6 is 0 Å². The first-order valence-corrected chi connectivity index (χ1v) is 15.1. The molecule has 0 aliphatic heterocycles. The molecule has 1 aliphatic rings. The first-order valence-electron chi connectivity index (χ1n) is 15.1. The fourth-order valence-corrected chi connectivity index (χ4v) is 6.01. The van der Waals surface area contributed by atoms with Gasteiger partial charge in [0.2, 0.25) is 0 Å². The molecule has 3 heteroatoms. The van der Waals surface area contributed by atoms with Crippen LogP contribution in [0, 0.1) is 0 Å². The highest BCUT2D eigenvalue weighted by Gasteiger charge is 2.24. The fraction of sp³-hybridized carbons (Fsp3) is 0.0488. The molecule has 0 unspecified atom stereocenters. The molecule has 0 radical (unpaired) electrons. The summed E-state index contributed by atoms with van der Waals surface area (Å²) in [6.07, 6.45) is 10.2. The van der Waals surface area contributed by atoms with E-state index in [4.69, 9.17) is 0 Å². The Hall–Kier alpha value is -5.67. The van der Waals surface area contributed by atoms with Crippen molar-refractivity contribution in [3.05, 3.63) is 188 Å². The number of allylic oxidation sites excluding steroid dienone is 4. The standard InChI is InChI=1S/C41H33N3/c1-5-15-32(16-6-1)38-23-13-14-24-40(38)43(34-19-9-3-10-20-34)36-25-27-37(28-26-36)44(35-21-11-4-12-22-35)41-29-30-42-31-39(41)33-17-7-2-8-18-33/h1-25,27,29-31H,26,28H2. The first kappa shape index (κ1) is 27.2. The molecule has 6 aromatic rings. The van der Waals surface area contributed by atoms with Crippen molar-refractivity contribution in [1.29, 1.82) is 0 Å². The maximum atomic E-state index is 4.51. The number of para-hydroxylation sites is 3. The number of benzene rings is 5. The summed E-state index contributed by atoms with van der Waals surface area (Å²) < 4.78 is 0. The lowest BCUT2D eigenvalue weighted by molar-refractivity contribution is 0.851. The van der Waals surface area contributed by atoms with Crippen LogP contribution in [-0.4, -0.2) is 4.98 Å². The van der Waals surface area contributed by atoms with Crippen LogP contribution in [0.15, 0.2) is 188 Å². The first-order chi connectivity index (χ1) is 21.9. The lowest BCUT2D eigenvalue weighted by Crippen LogP contribution is -2.23. The van der Waals surface area contributed by atoms with E-state index in [1.165, 1.54) is 28.2 Å². The molecule has 7 rings (SSSR count). The van der Waals surface area contributed by atoms with Crippen molar-refractivity contribution in [2.24, 2.45) is 0 Å². The molecular formula is C41H33N3. The van der Waals surface area contributed by atoms with E-state index < -0.39 is 0 Å². The summed E-state index contributed by atoms with van der Waals surface area (Å²) in [6.45, 7) is 0. The Morgan fingerprint density at radius 1 is 0.409 bits per heavy atom. The maximum absolute atomic E-state index is 4.51. The van der Waals surface area contributed by atoms with Crippen LogP contribution < -0.4 is 9.80 Å². The second-order valence-electron chi connectivity index (χ2n) is 10.8. The number of hydrogen-bond acceptors (Lipinski definition) is 3. The zero-order valence-electron chi connectivity index (χ0n) is 24.5. The van der Waals surface area contributed by atoms with Gasteiger partial charge in [0.25, 0.3) is 0 Å². The topological polar surface area (TPSA) is 19.4 Å². The van der Waals surface area contributed by atoms with Crippen molar-refractivity contribution in [3.63, 3.8) is 0 Å². The molecule has 3 nitrogen and oxygen atoms in total. The molecule has 0 spiro atoms. The molecule has 0 N–H and O–H groups in total. The van der Waals surface area contributed by atoms with E-state index in [-0.39, 0.29) is 0 Å². The van der Waals surface area contributed by atoms with Crippen molar-refractivity contribution in [1.82, 2.24) is 4.98 Å². The van der Waals surface area contributed by atoms with Crippen molar-refractivity contribution in [2.45, 2.75) is 12.8 Å². The third-order valence-electron chi connectivity index (χ3n) is 8.06. The summed E-state index contributed by atoms with van der Waals surface area (Å²) in [5.41, 5.74) is 11.8. The molecule has 0 bridgehead atoms. The maximum Gasteiger partial charge on any atom is 0.0567 e. The van der Waals surface area contributed by atoms with Crippen LogP contribution in [0.4, 0.5) is 22.7 Å². The smallest absolute Gasteiger partial charge is 0.0567 e. The van der Waals surface area contributed by atoms with Crippen molar-refractivity contribution in [3.8, 4) is 22.3 Å². The molecule has 5 aromatic carbocycles. The van der Waals surface area contributed by atoms with Gasteiger partial charge in [-0.3, -0.25) is 4.98 Å². The van der Waals surface area contributed by atoms with Gasteiger partial charge in [0, 0.05) is 46.3 Å².